The Balaban J connectivity index is 1.82. The second kappa shape index (κ2) is 5.55. The standard InChI is InChI=1S/C12H23N5O3/c1-12(2,3)20-11(19)13-6-8-15-9-7(10(18)16-8)5-14-17(9)4/h7-9,14-15H,5-6H2,1-4H3,(H,13,19)(H,16,18). The predicted molar refractivity (Wildman–Crippen MR) is 72.3 cm³/mol. The van der Waals surface area contributed by atoms with Crippen LogP contribution in [0.1, 0.15) is 20.8 Å². The van der Waals surface area contributed by atoms with Crippen molar-refractivity contribution in [2.24, 2.45) is 5.92 Å². The van der Waals surface area contributed by atoms with Crippen molar-refractivity contribution >= 4 is 12.0 Å². The van der Waals surface area contributed by atoms with Crippen LogP contribution in [0.2, 0.25) is 0 Å². The third-order valence-electron chi connectivity index (χ3n) is 3.23. The van der Waals surface area contributed by atoms with Gasteiger partial charge in [0.05, 0.1) is 24.8 Å². The van der Waals surface area contributed by atoms with Gasteiger partial charge in [-0.2, -0.15) is 0 Å². The highest BCUT2D eigenvalue weighted by Gasteiger charge is 2.42. The van der Waals surface area contributed by atoms with Crippen molar-refractivity contribution in [2.75, 3.05) is 20.1 Å². The van der Waals surface area contributed by atoms with Gasteiger partial charge in [-0.25, -0.2) is 9.80 Å². The summed E-state index contributed by atoms with van der Waals surface area (Å²) in [5.41, 5.74) is 2.57. The van der Waals surface area contributed by atoms with E-state index < -0.39 is 11.7 Å². The molecule has 0 bridgehead atoms. The molecule has 0 aromatic carbocycles. The number of nitrogens with zero attached hydrogens (tertiary/aromatic N) is 1. The Morgan fingerprint density at radius 3 is 2.85 bits per heavy atom. The summed E-state index contributed by atoms with van der Waals surface area (Å²) in [5.74, 6) is -0.126. The van der Waals surface area contributed by atoms with Gasteiger partial charge in [0.15, 0.2) is 0 Å². The number of hydrogen-bond acceptors (Lipinski definition) is 6. The number of hydrogen-bond donors (Lipinski definition) is 4. The molecule has 3 unspecified atom stereocenters. The summed E-state index contributed by atoms with van der Waals surface area (Å²) in [6, 6.07) is 0. The lowest BCUT2D eigenvalue weighted by Gasteiger charge is -2.35. The Bertz CT molecular complexity index is 395. The van der Waals surface area contributed by atoms with Crippen LogP contribution in [0.15, 0.2) is 0 Å². The Morgan fingerprint density at radius 2 is 2.20 bits per heavy atom. The molecule has 3 atom stereocenters. The topological polar surface area (TPSA) is 94.7 Å². The first-order valence-electron chi connectivity index (χ1n) is 6.76. The largest absolute Gasteiger partial charge is 0.444 e. The molecule has 8 heteroatoms. The number of alkyl carbamates (subject to hydrolysis) is 1. The zero-order valence-electron chi connectivity index (χ0n) is 12.3. The fourth-order valence-corrected chi connectivity index (χ4v) is 2.32. The summed E-state index contributed by atoms with van der Waals surface area (Å²) in [6.45, 7) is 6.30. The SMILES string of the molecule is CN1NCC2C(=O)NC(CNC(=O)OC(C)(C)C)NC21. The van der Waals surface area contributed by atoms with Crippen molar-refractivity contribution in [1.29, 1.82) is 0 Å². The Hall–Kier alpha value is -1.38. The Morgan fingerprint density at radius 1 is 1.50 bits per heavy atom. The average molecular weight is 285 g/mol. The maximum absolute atomic E-state index is 11.9. The second-order valence-corrected chi connectivity index (χ2v) is 6.14. The maximum atomic E-state index is 11.9. The van der Waals surface area contributed by atoms with Crippen molar-refractivity contribution in [3.63, 3.8) is 0 Å². The average Bonchev–Trinajstić information content (AvgIpc) is 2.67. The zero-order valence-corrected chi connectivity index (χ0v) is 12.3. The molecule has 2 rings (SSSR count). The van der Waals surface area contributed by atoms with Crippen LogP contribution in [0.4, 0.5) is 4.79 Å². The number of rotatable bonds is 2. The molecular weight excluding hydrogens is 262 g/mol. The molecule has 2 saturated heterocycles. The number of nitrogens with one attached hydrogen (secondary N) is 4. The third-order valence-corrected chi connectivity index (χ3v) is 3.23. The van der Waals surface area contributed by atoms with E-state index in [0.29, 0.717) is 6.54 Å². The molecule has 0 aromatic rings. The van der Waals surface area contributed by atoms with Crippen molar-refractivity contribution < 1.29 is 14.3 Å². The van der Waals surface area contributed by atoms with Crippen LogP contribution in [-0.4, -0.2) is 55.1 Å². The number of carbonyl (C=O) groups excluding carboxylic acids is 2. The van der Waals surface area contributed by atoms with E-state index in [1.54, 1.807) is 20.8 Å². The van der Waals surface area contributed by atoms with Crippen molar-refractivity contribution in [1.82, 2.24) is 26.4 Å². The van der Waals surface area contributed by atoms with Crippen LogP contribution in [0.5, 0.6) is 0 Å². The van der Waals surface area contributed by atoms with Gasteiger partial charge < -0.3 is 15.4 Å². The number of fused-ring (bicyclic) bond motifs is 1. The monoisotopic (exact) mass is 285 g/mol. The first-order chi connectivity index (χ1) is 9.26. The molecule has 0 spiro atoms. The van der Waals surface area contributed by atoms with E-state index in [-0.39, 0.29) is 30.7 Å². The summed E-state index contributed by atoms with van der Waals surface area (Å²) in [6.07, 6.45) is -0.860. The van der Waals surface area contributed by atoms with Crippen molar-refractivity contribution in [3.8, 4) is 0 Å². The molecule has 0 aliphatic carbocycles. The van der Waals surface area contributed by atoms with Crippen LogP contribution in [-0.2, 0) is 9.53 Å². The smallest absolute Gasteiger partial charge is 0.407 e. The van der Waals surface area contributed by atoms with Gasteiger partial charge in [-0.15, -0.1) is 0 Å². The highest BCUT2D eigenvalue weighted by atomic mass is 16.6. The lowest BCUT2D eigenvalue weighted by molar-refractivity contribution is -0.129. The highest BCUT2D eigenvalue weighted by Crippen LogP contribution is 2.16. The van der Waals surface area contributed by atoms with Crippen molar-refractivity contribution in [2.45, 2.75) is 38.7 Å². The van der Waals surface area contributed by atoms with Gasteiger partial charge in [0.25, 0.3) is 0 Å². The molecule has 2 aliphatic rings. The molecule has 8 nitrogen and oxygen atoms in total. The summed E-state index contributed by atoms with van der Waals surface area (Å²) in [7, 11) is 1.88. The van der Waals surface area contributed by atoms with Gasteiger partial charge in [0.1, 0.15) is 5.60 Å². The number of amides is 2. The second-order valence-electron chi connectivity index (χ2n) is 6.14. The van der Waals surface area contributed by atoms with E-state index in [1.165, 1.54) is 0 Å². The van der Waals surface area contributed by atoms with E-state index >= 15 is 0 Å². The summed E-state index contributed by atoms with van der Waals surface area (Å²) < 4.78 is 5.15. The van der Waals surface area contributed by atoms with Gasteiger partial charge in [-0.1, -0.05) is 0 Å². The van der Waals surface area contributed by atoms with Gasteiger partial charge in [0, 0.05) is 13.6 Å². The van der Waals surface area contributed by atoms with E-state index in [9.17, 15) is 9.59 Å². The van der Waals surface area contributed by atoms with Crippen LogP contribution in [0.3, 0.4) is 0 Å². The minimum absolute atomic E-state index is 0.0124. The molecule has 2 heterocycles. The highest BCUT2D eigenvalue weighted by molar-refractivity contribution is 5.81. The van der Waals surface area contributed by atoms with Gasteiger partial charge in [-0.05, 0) is 20.8 Å². The molecule has 2 aliphatic heterocycles. The molecular formula is C12H23N5O3. The fraction of sp³-hybridized carbons (Fsp3) is 0.833. The van der Waals surface area contributed by atoms with E-state index in [0.717, 1.165) is 0 Å². The van der Waals surface area contributed by atoms with Crippen LogP contribution < -0.4 is 21.4 Å². The first kappa shape index (κ1) is 15.0. The minimum Gasteiger partial charge on any atom is -0.444 e. The van der Waals surface area contributed by atoms with Crippen LogP contribution in [0, 0.1) is 5.92 Å². The van der Waals surface area contributed by atoms with Crippen LogP contribution >= 0.6 is 0 Å². The Kier molecular flexibility index (Phi) is 4.17. The molecule has 0 radical (unpaired) electrons. The van der Waals surface area contributed by atoms with Crippen LogP contribution in [0.25, 0.3) is 0 Å². The fourth-order valence-electron chi connectivity index (χ4n) is 2.32. The maximum Gasteiger partial charge on any atom is 0.407 e. The van der Waals surface area contributed by atoms with Gasteiger partial charge in [-0.3, -0.25) is 15.5 Å². The number of hydrazine groups is 1. The zero-order chi connectivity index (χ0) is 14.9. The van der Waals surface area contributed by atoms with Gasteiger partial charge >= 0.3 is 6.09 Å². The molecule has 114 valence electrons. The molecule has 2 amide bonds. The predicted octanol–water partition coefficient (Wildman–Crippen LogP) is -1.05. The van der Waals surface area contributed by atoms with E-state index in [1.807, 2.05) is 12.1 Å². The lowest BCUT2D eigenvalue weighted by Crippen LogP contribution is -2.66. The number of ether oxygens (including phenoxy) is 1. The molecule has 0 saturated carbocycles. The van der Waals surface area contributed by atoms with E-state index in [4.69, 9.17) is 4.74 Å². The summed E-state index contributed by atoms with van der Waals surface area (Å²) in [5, 5.41) is 10.6. The quantitative estimate of drug-likeness (QED) is 0.517. The minimum atomic E-state index is -0.534. The van der Waals surface area contributed by atoms with Gasteiger partial charge in [0.2, 0.25) is 5.91 Å². The summed E-state index contributed by atoms with van der Waals surface area (Å²) in [4.78, 5) is 23.5. The Labute approximate surface area is 118 Å². The van der Waals surface area contributed by atoms with E-state index in [2.05, 4.69) is 21.4 Å². The van der Waals surface area contributed by atoms with Crippen molar-refractivity contribution in [3.05, 3.63) is 0 Å². The molecule has 20 heavy (non-hydrogen) atoms. The third kappa shape index (κ3) is 3.59. The first-order valence-corrected chi connectivity index (χ1v) is 6.76. The number of carbonyl (C=O) groups is 2. The molecule has 2 fully saturated rings. The lowest BCUT2D eigenvalue weighted by atomic mass is 10.0. The normalized spacial score (nSPS) is 30.6. The molecule has 4 N–H and O–H groups in total. The molecule has 0 aromatic heterocycles. The summed E-state index contributed by atoms with van der Waals surface area (Å²) >= 11 is 0.